The van der Waals surface area contributed by atoms with Crippen LogP contribution < -0.4 is 4.74 Å². The van der Waals surface area contributed by atoms with Crippen molar-refractivity contribution >= 4 is 27.3 Å². The molecule has 0 unspecified atom stereocenters. The lowest BCUT2D eigenvalue weighted by molar-refractivity contribution is 0.0919. The van der Waals surface area contributed by atoms with Crippen LogP contribution in [0.3, 0.4) is 0 Å². The molecule has 0 aliphatic heterocycles. The number of hydrogen-bond donors (Lipinski definition) is 0. The van der Waals surface area contributed by atoms with E-state index in [0.29, 0.717) is 11.4 Å². The molecule has 112 valence electrons. The maximum absolute atomic E-state index is 12.2. The van der Waals surface area contributed by atoms with Gasteiger partial charge in [0.1, 0.15) is 11.2 Å². The number of rotatable bonds is 6. The van der Waals surface area contributed by atoms with Crippen molar-refractivity contribution < 1.29 is 9.53 Å². The van der Waals surface area contributed by atoms with Gasteiger partial charge in [-0.3, -0.25) is 4.79 Å². The zero-order valence-corrected chi connectivity index (χ0v) is 13.1. The van der Waals surface area contributed by atoms with E-state index in [0.717, 1.165) is 23.1 Å². The molecule has 0 bridgehead atoms. The summed E-state index contributed by atoms with van der Waals surface area (Å²) in [5.74, 6) is 0.409. The fraction of sp³-hybridized carbons (Fsp3) is 0.235. The van der Waals surface area contributed by atoms with Crippen LogP contribution in [-0.2, 0) is 6.42 Å². The Labute approximate surface area is 132 Å². The molecular formula is C17H16N2O2S. The third-order valence-electron chi connectivity index (χ3n) is 3.38. The number of Topliss-reactive ketones (excluding diaryl/α,β-unsaturated/α-hetero) is 1. The first kappa shape index (κ1) is 14.7. The van der Waals surface area contributed by atoms with Crippen molar-refractivity contribution in [1.82, 2.24) is 9.97 Å². The third-order valence-corrected chi connectivity index (χ3v) is 4.20. The SMILES string of the molecule is CCCc1ccc(C(=O)COc2ncnc3sccc23)cc1. The van der Waals surface area contributed by atoms with E-state index in [1.165, 1.54) is 23.2 Å². The van der Waals surface area contributed by atoms with Crippen LogP contribution in [0.2, 0.25) is 0 Å². The van der Waals surface area contributed by atoms with Crippen molar-refractivity contribution in [1.29, 1.82) is 0 Å². The van der Waals surface area contributed by atoms with E-state index in [9.17, 15) is 4.79 Å². The summed E-state index contributed by atoms with van der Waals surface area (Å²) in [4.78, 5) is 21.3. The summed E-state index contributed by atoms with van der Waals surface area (Å²) in [6.45, 7) is 2.12. The van der Waals surface area contributed by atoms with E-state index in [-0.39, 0.29) is 12.4 Å². The molecule has 0 aliphatic carbocycles. The predicted molar refractivity (Wildman–Crippen MR) is 87.7 cm³/mol. The van der Waals surface area contributed by atoms with E-state index < -0.39 is 0 Å². The second-order valence-electron chi connectivity index (χ2n) is 4.98. The quantitative estimate of drug-likeness (QED) is 0.648. The molecule has 0 N–H and O–H groups in total. The Bertz CT molecular complexity index is 781. The lowest BCUT2D eigenvalue weighted by Gasteiger charge is -2.06. The number of carbonyl (C=O) groups is 1. The highest BCUT2D eigenvalue weighted by Crippen LogP contribution is 2.25. The van der Waals surface area contributed by atoms with Gasteiger partial charge in [0, 0.05) is 5.56 Å². The number of hydrogen-bond acceptors (Lipinski definition) is 5. The highest BCUT2D eigenvalue weighted by Gasteiger charge is 2.10. The van der Waals surface area contributed by atoms with Crippen LogP contribution in [-0.4, -0.2) is 22.4 Å². The first-order chi connectivity index (χ1) is 10.8. The molecule has 5 heteroatoms. The van der Waals surface area contributed by atoms with Gasteiger partial charge >= 0.3 is 0 Å². The standard InChI is InChI=1S/C17H16N2O2S/c1-2-3-12-4-6-13(7-5-12)15(20)10-21-16-14-8-9-22-17(14)19-11-18-16/h4-9,11H,2-3,10H2,1H3. The van der Waals surface area contributed by atoms with E-state index in [1.54, 1.807) is 0 Å². The van der Waals surface area contributed by atoms with Gasteiger partial charge in [-0.1, -0.05) is 37.6 Å². The maximum Gasteiger partial charge on any atom is 0.225 e. The van der Waals surface area contributed by atoms with Crippen molar-refractivity contribution in [3.63, 3.8) is 0 Å². The number of ether oxygens (including phenoxy) is 1. The number of ketones is 1. The molecule has 0 spiro atoms. The van der Waals surface area contributed by atoms with Gasteiger partial charge in [0.05, 0.1) is 5.39 Å². The summed E-state index contributed by atoms with van der Waals surface area (Å²) in [5, 5.41) is 2.78. The molecule has 0 amide bonds. The Morgan fingerprint density at radius 2 is 2.00 bits per heavy atom. The molecule has 0 atom stereocenters. The van der Waals surface area contributed by atoms with Gasteiger partial charge in [-0.15, -0.1) is 11.3 Å². The molecule has 3 rings (SSSR count). The van der Waals surface area contributed by atoms with Gasteiger partial charge in [0.15, 0.2) is 12.4 Å². The molecule has 0 aliphatic rings. The van der Waals surface area contributed by atoms with Gasteiger partial charge in [-0.25, -0.2) is 9.97 Å². The molecule has 4 nitrogen and oxygen atoms in total. The molecular weight excluding hydrogens is 296 g/mol. The topological polar surface area (TPSA) is 52.1 Å². The lowest BCUT2D eigenvalue weighted by Crippen LogP contribution is -2.12. The monoisotopic (exact) mass is 312 g/mol. The second-order valence-corrected chi connectivity index (χ2v) is 5.87. The summed E-state index contributed by atoms with van der Waals surface area (Å²) in [5.41, 5.74) is 1.91. The van der Waals surface area contributed by atoms with Gasteiger partial charge in [0.2, 0.25) is 5.88 Å². The van der Waals surface area contributed by atoms with Crippen molar-refractivity contribution in [2.75, 3.05) is 6.61 Å². The fourth-order valence-corrected chi connectivity index (χ4v) is 2.97. The predicted octanol–water partition coefficient (Wildman–Crippen LogP) is 3.91. The summed E-state index contributed by atoms with van der Waals surface area (Å²) < 4.78 is 5.58. The number of carbonyl (C=O) groups excluding carboxylic acids is 1. The van der Waals surface area contributed by atoms with Gasteiger partial charge in [0.25, 0.3) is 0 Å². The first-order valence-corrected chi connectivity index (χ1v) is 8.09. The molecule has 0 saturated heterocycles. The Morgan fingerprint density at radius 3 is 2.77 bits per heavy atom. The van der Waals surface area contributed by atoms with Crippen molar-refractivity contribution in [3.05, 3.63) is 53.2 Å². The summed E-state index contributed by atoms with van der Waals surface area (Å²) >= 11 is 1.52. The average molecular weight is 312 g/mol. The van der Waals surface area contributed by atoms with Crippen LogP contribution in [0.4, 0.5) is 0 Å². The molecule has 0 radical (unpaired) electrons. The average Bonchev–Trinajstić information content (AvgIpc) is 3.03. The second kappa shape index (κ2) is 6.66. The molecule has 2 heterocycles. The van der Waals surface area contributed by atoms with E-state index in [4.69, 9.17) is 4.74 Å². The number of fused-ring (bicyclic) bond motifs is 1. The molecule has 3 aromatic rings. The lowest BCUT2D eigenvalue weighted by atomic mass is 10.1. The smallest absolute Gasteiger partial charge is 0.225 e. The number of aromatic nitrogens is 2. The number of thiophene rings is 1. The highest BCUT2D eigenvalue weighted by atomic mass is 32.1. The Kier molecular flexibility index (Phi) is 4.44. The largest absolute Gasteiger partial charge is 0.469 e. The minimum Gasteiger partial charge on any atom is -0.469 e. The van der Waals surface area contributed by atoms with Crippen LogP contribution in [0.25, 0.3) is 10.2 Å². The van der Waals surface area contributed by atoms with Crippen LogP contribution >= 0.6 is 11.3 Å². The molecule has 0 saturated carbocycles. The Hall–Kier alpha value is -2.27. The number of aryl methyl sites for hydroxylation is 1. The zero-order valence-electron chi connectivity index (χ0n) is 12.3. The van der Waals surface area contributed by atoms with Crippen LogP contribution in [0.15, 0.2) is 42.0 Å². The Balaban J connectivity index is 1.68. The van der Waals surface area contributed by atoms with Crippen LogP contribution in [0.5, 0.6) is 5.88 Å². The van der Waals surface area contributed by atoms with E-state index in [1.807, 2.05) is 35.7 Å². The molecule has 1 aromatic carbocycles. The number of nitrogens with zero attached hydrogens (tertiary/aromatic N) is 2. The minimum absolute atomic E-state index is 0.0188. The first-order valence-electron chi connectivity index (χ1n) is 7.21. The molecule has 0 fully saturated rings. The normalized spacial score (nSPS) is 10.8. The Morgan fingerprint density at radius 1 is 1.18 bits per heavy atom. The molecule has 22 heavy (non-hydrogen) atoms. The maximum atomic E-state index is 12.2. The number of benzene rings is 1. The van der Waals surface area contributed by atoms with E-state index >= 15 is 0 Å². The minimum atomic E-state index is -0.0509. The van der Waals surface area contributed by atoms with Crippen LogP contribution in [0, 0.1) is 0 Å². The summed E-state index contributed by atoms with van der Waals surface area (Å²) in [6, 6.07) is 9.62. The summed E-state index contributed by atoms with van der Waals surface area (Å²) in [6.07, 6.45) is 3.58. The van der Waals surface area contributed by atoms with E-state index in [2.05, 4.69) is 16.9 Å². The van der Waals surface area contributed by atoms with Crippen molar-refractivity contribution in [2.45, 2.75) is 19.8 Å². The van der Waals surface area contributed by atoms with Crippen molar-refractivity contribution in [3.8, 4) is 5.88 Å². The zero-order chi connectivity index (χ0) is 15.4. The van der Waals surface area contributed by atoms with Crippen LogP contribution in [0.1, 0.15) is 29.3 Å². The summed E-state index contributed by atoms with van der Waals surface area (Å²) in [7, 11) is 0. The third kappa shape index (κ3) is 3.14. The van der Waals surface area contributed by atoms with Gasteiger partial charge < -0.3 is 4.74 Å². The fourth-order valence-electron chi connectivity index (χ4n) is 2.25. The van der Waals surface area contributed by atoms with Crippen molar-refractivity contribution in [2.24, 2.45) is 0 Å². The van der Waals surface area contributed by atoms with Gasteiger partial charge in [-0.2, -0.15) is 0 Å². The molecule has 2 aromatic heterocycles. The highest BCUT2D eigenvalue weighted by molar-refractivity contribution is 7.16. The van der Waals surface area contributed by atoms with Gasteiger partial charge in [-0.05, 0) is 23.4 Å².